The number of carbonyl (C=O) groups is 3. The van der Waals surface area contributed by atoms with E-state index in [1.165, 1.54) is 25.3 Å². The molecule has 0 unspecified atom stereocenters. The number of benzene rings is 2. The molecule has 144 valence electrons. The van der Waals surface area contributed by atoms with Gasteiger partial charge in [0.25, 0.3) is 5.91 Å². The molecule has 28 heavy (non-hydrogen) atoms. The summed E-state index contributed by atoms with van der Waals surface area (Å²) in [4.78, 5) is 36.4. The van der Waals surface area contributed by atoms with Crippen molar-refractivity contribution in [3.05, 3.63) is 58.7 Å². The molecule has 1 aliphatic rings. The molecule has 0 radical (unpaired) electrons. The van der Waals surface area contributed by atoms with E-state index in [4.69, 9.17) is 21.1 Å². The first-order valence-corrected chi connectivity index (χ1v) is 8.41. The summed E-state index contributed by atoms with van der Waals surface area (Å²) in [6.07, 6.45) is 1.43. The number of halogens is 1. The van der Waals surface area contributed by atoms with E-state index < -0.39 is 24.5 Å². The van der Waals surface area contributed by atoms with Crippen LogP contribution in [-0.2, 0) is 9.59 Å². The monoisotopic (exact) mass is 401 g/mol. The molecule has 0 spiro atoms. The van der Waals surface area contributed by atoms with E-state index in [2.05, 4.69) is 5.32 Å². The van der Waals surface area contributed by atoms with Crippen molar-refractivity contribution in [3.8, 4) is 11.5 Å². The van der Waals surface area contributed by atoms with Gasteiger partial charge in [0.05, 0.1) is 23.8 Å². The topological polar surface area (TPSA) is 108 Å². The van der Waals surface area contributed by atoms with Crippen LogP contribution >= 0.6 is 11.6 Å². The minimum absolute atomic E-state index is 0.0308. The highest BCUT2D eigenvalue weighted by Gasteiger charge is 2.34. The second kappa shape index (κ2) is 8.01. The number of amides is 3. The predicted octanol–water partition coefficient (Wildman–Crippen LogP) is 1.57. The number of imide groups is 1. The van der Waals surface area contributed by atoms with Crippen molar-refractivity contribution in [2.75, 3.05) is 18.6 Å². The SMILES string of the molecule is COc1cc(/C=C2/NC(=O)N(c3ccccc3)C2=O)cc(Cl)c1OCC(=O)[O-]. The normalized spacial score (nSPS) is 14.9. The molecule has 9 heteroatoms. The average molecular weight is 402 g/mol. The van der Waals surface area contributed by atoms with Gasteiger partial charge in [-0.2, -0.15) is 0 Å². The van der Waals surface area contributed by atoms with Crippen molar-refractivity contribution in [3.63, 3.8) is 0 Å². The van der Waals surface area contributed by atoms with Crippen molar-refractivity contribution in [2.24, 2.45) is 0 Å². The molecular formula is C19H14ClN2O6-. The highest BCUT2D eigenvalue weighted by molar-refractivity contribution is 6.32. The van der Waals surface area contributed by atoms with Crippen LogP contribution in [0.25, 0.3) is 6.08 Å². The van der Waals surface area contributed by atoms with Gasteiger partial charge < -0.3 is 24.7 Å². The van der Waals surface area contributed by atoms with Crippen LogP contribution in [0.3, 0.4) is 0 Å². The van der Waals surface area contributed by atoms with Gasteiger partial charge in [-0.25, -0.2) is 9.69 Å². The van der Waals surface area contributed by atoms with Crippen molar-refractivity contribution < 1.29 is 29.0 Å². The number of rotatable bonds is 6. The van der Waals surface area contributed by atoms with Crippen LogP contribution < -0.4 is 24.8 Å². The van der Waals surface area contributed by atoms with Crippen LogP contribution in [0.5, 0.6) is 11.5 Å². The van der Waals surface area contributed by atoms with Crippen molar-refractivity contribution >= 4 is 41.3 Å². The molecule has 8 nitrogen and oxygen atoms in total. The molecule has 0 aromatic heterocycles. The van der Waals surface area contributed by atoms with E-state index in [0.29, 0.717) is 11.3 Å². The molecule has 0 saturated carbocycles. The van der Waals surface area contributed by atoms with E-state index in [0.717, 1.165) is 4.90 Å². The number of aliphatic carboxylic acids is 1. The third kappa shape index (κ3) is 3.91. The second-order valence-electron chi connectivity index (χ2n) is 5.66. The van der Waals surface area contributed by atoms with Crippen LogP contribution in [0, 0.1) is 0 Å². The summed E-state index contributed by atoms with van der Waals surface area (Å²) in [6.45, 7) is -0.697. The van der Waals surface area contributed by atoms with Gasteiger partial charge in [-0.3, -0.25) is 4.79 Å². The first kappa shape index (κ1) is 19.2. The Morgan fingerprint density at radius 1 is 1.25 bits per heavy atom. The summed E-state index contributed by atoms with van der Waals surface area (Å²) in [5.74, 6) is -1.74. The molecule has 1 aliphatic heterocycles. The van der Waals surface area contributed by atoms with E-state index in [1.807, 2.05) is 0 Å². The summed E-state index contributed by atoms with van der Waals surface area (Å²) >= 11 is 6.14. The maximum Gasteiger partial charge on any atom is 0.333 e. The number of urea groups is 1. The standard InChI is InChI=1S/C19H15ClN2O6/c1-27-15-9-11(7-13(20)17(15)28-10-16(23)24)8-14-18(25)22(19(26)21-14)12-5-3-2-4-6-12/h2-9H,10H2,1H3,(H,21,26)(H,23,24)/p-1/b14-8+. The van der Waals surface area contributed by atoms with Gasteiger partial charge in [-0.15, -0.1) is 0 Å². The number of para-hydroxylation sites is 1. The molecule has 1 saturated heterocycles. The smallest absolute Gasteiger partial charge is 0.333 e. The summed E-state index contributed by atoms with van der Waals surface area (Å²) < 4.78 is 10.2. The fourth-order valence-electron chi connectivity index (χ4n) is 2.61. The highest BCUT2D eigenvalue weighted by Crippen LogP contribution is 2.37. The van der Waals surface area contributed by atoms with Gasteiger partial charge in [0.1, 0.15) is 12.3 Å². The Labute approximate surface area is 164 Å². The van der Waals surface area contributed by atoms with Crippen molar-refractivity contribution in [1.29, 1.82) is 0 Å². The summed E-state index contributed by atoms with van der Waals surface area (Å²) in [5.41, 5.74) is 0.937. The lowest BCUT2D eigenvalue weighted by Crippen LogP contribution is -2.30. The number of methoxy groups -OCH3 is 1. The van der Waals surface area contributed by atoms with Crippen LogP contribution in [0.15, 0.2) is 48.2 Å². The highest BCUT2D eigenvalue weighted by atomic mass is 35.5. The zero-order chi connectivity index (χ0) is 20.3. The van der Waals surface area contributed by atoms with Gasteiger partial charge in [-0.05, 0) is 35.9 Å². The van der Waals surface area contributed by atoms with Crippen molar-refractivity contribution in [1.82, 2.24) is 5.32 Å². The largest absolute Gasteiger partial charge is 0.546 e. The van der Waals surface area contributed by atoms with Crippen LogP contribution in [0.1, 0.15) is 5.56 Å². The molecule has 1 heterocycles. The zero-order valence-corrected chi connectivity index (χ0v) is 15.4. The second-order valence-corrected chi connectivity index (χ2v) is 6.07. The molecule has 0 aliphatic carbocycles. The van der Waals surface area contributed by atoms with Gasteiger partial charge in [-0.1, -0.05) is 29.8 Å². The number of nitrogens with one attached hydrogen (secondary N) is 1. The number of carboxylic acids is 1. The maximum absolute atomic E-state index is 12.6. The summed E-state index contributed by atoms with van der Waals surface area (Å²) in [6, 6.07) is 10.9. The van der Waals surface area contributed by atoms with E-state index in [1.54, 1.807) is 30.3 Å². The van der Waals surface area contributed by atoms with Gasteiger partial charge in [0, 0.05) is 0 Å². The van der Waals surface area contributed by atoms with Gasteiger partial charge >= 0.3 is 6.03 Å². The fraction of sp³-hybridized carbons (Fsp3) is 0.105. The van der Waals surface area contributed by atoms with E-state index in [-0.39, 0.29) is 22.2 Å². The van der Waals surface area contributed by atoms with Crippen LogP contribution in [0.4, 0.5) is 10.5 Å². The van der Waals surface area contributed by atoms with Crippen LogP contribution in [-0.4, -0.2) is 31.6 Å². The minimum atomic E-state index is -1.41. The molecule has 2 aromatic carbocycles. The van der Waals surface area contributed by atoms with E-state index >= 15 is 0 Å². The number of ether oxygens (including phenoxy) is 2. The number of anilines is 1. The Balaban J connectivity index is 1.91. The molecule has 0 atom stereocenters. The van der Waals surface area contributed by atoms with Crippen LogP contribution in [0.2, 0.25) is 5.02 Å². The Morgan fingerprint density at radius 3 is 2.61 bits per heavy atom. The lowest BCUT2D eigenvalue weighted by Gasteiger charge is -2.13. The third-order valence-electron chi connectivity index (χ3n) is 3.79. The Kier molecular flexibility index (Phi) is 5.51. The van der Waals surface area contributed by atoms with Gasteiger partial charge in [0.2, 0.25) is 0 Å². The molecular weight excluding hydrogens is 388 g/mol. The molecule has 0 bridgehead atoms. The number of carboxylic acid groups (broad SMARTS) is 1. The maximum atomic E-state index is 12.6. The number of hydrogen-bond acceptors (Lipinski definition) is 6. The minimum Gasteiger partial charge on any atom is -0.546 e. The molecule has 2 aromatic rings. The number of hydrogen-bond donors (Lipinski definition) is 1. The van der Waals surface area contributed by atoms with E-state index in [9.17, 15) is 19.5 Å². The summed E-state index contributed by atoms with van der Waals surface area (Å²) in [5, 5.41) is 13.2. The Morgan fingerprint density at radius 2 is 1.96 bits per heavy atom. The first-order chi connectivity index (χ1) is 13.4. The lowest BCUT2D eigenvalue weighted by molar-refractivity contribution is -0.307. The summed E-state index contributed by atoms with van der Waals surface area (Å²) in [7, 11) is 1.36. The molecule has 1 fully saturated rings. The Bertz CT molecular complexity index is 974. The fourth-order valence-corrected chi connectivity index (χ4v) is 2.88. The third-order valence-corrected chi connectivity index (χ3v) is 4.07. The first-order valence-electron chi connectivity index (χ1n) is 8.03. The number of nitrogens with zero attached hydrogens (tertiary/aromatic N) is 1. The molecule has 3 rings (SSSR count). The molecule has 1 N–H and O–H groups in total. The average Bonchev–Trinajstić information content (AvgIpc) is 2.94. The van der Waals surface area contributed by atoms with Crippen molar-refractivity contribution in [2.45, 2.75) is 0 Å². The van der Waals surface area contributed by atoms with Gasteiger partial charge in [0.15, 0.2) is 11.5 Å². The predicted molar refractivity (Wildman–Crippen MR) is 98.9 cm³/mol. The number of carbonyl (C=O) groups excluding carboxylic acids is 3. The Hall–Kier alpha value is -3.52. The lowest BCUT2D eigenvalue weighted by atomic mass is 10.1. The zero-order valence-electron chi connectivity index (χ0n) is 14.6. The quantitative estimate of drug-likeness (QED) is 0.581. The molecule has 3 amide bonds.